The molecular formula is C23H33NO2. The van der Waals surface area contributed by atoms with E-state index in [1.165, 1.54) is 6.42 Å². The predicted molar refractivity (Wildman–Crippen MR) is 106 cm³/mol. The van der Waals surface area contributed by atoms with Gasteiger partial charge in [0, 0.05) is 18.6 Å². The van der Waals surface area contributed by atoms with Crippen molar-refractivity contribution >= 4 is 5.97 Å². The summed E-state index contributed by atoms with van der Waals surface area (Å²) in [4.78, 5) is 15.4. The zero-order valence-corrected chi connectivity index (χ0v) is 16.5. The van der Waals surface area contributed by atoms with Crippen molar-refractivity contribution in [1.82, 2.24) is 4.90 Å². The van der Waals surface area contributed by atoms with Crippen molar-refractivity contribution in [3.8, 4) is 0 Å². The van der Waals surface area contributed by atoms with E-state index in [9.17, 15) is 4.79 Å². The van der Waals surface area contributed by atoms with Gasteiger partial charge in [0.15, 0.2) is 0 Å². The van der Waals surface area contributed by atoms with Crippen molar-refractivity contribution in [2.45, 2.75) is 57.9 Å². The average Bonchev–Trinajstić information content (AvgIpc) is 2.88. The van der Waals surface area contributed by atoms with Gasteiger partial charge in [-0.2, -0.15) is 0 Å². The minimum atomic E-state index is -0.182. The molecule has 3 atom stereocenters. The Bertz CT molecular complexity index is 622. The number of hydrogen-bond acceptors (Lipinski definition) is 3. The van der Waals surface area contributed by atoms with Crippen molar-refractivity contribution < 1.29 is 9.53 Å². The van der Waals surface area contributed by atoms with Gasteiger partial charge in [-0.25, -0.2) is 0 Å². The smallest absolute Gasteiger partial charge is 0.314 e. The van der Waals surface area contributed by atoms with Gasteiger partial charge < -0.3 is 4.74 Å². The first-order valence-corrected chi connectivity index (χ1v) is 10.1. The van der Waals surface area contributed by atoms with Crippen LogP contribution >= 0.6 is 0 Å². The van der Waals surface area contributed by atoms with Crippen LogP contribution in [-0.4, -0.2) is 36.1 Å². The summed E-state index contributed by atoms with van der Waals surface area (Å²) in [6.45, 7) is 9.28. The first-order valence-electron chi connectivity index (χ1n) is 10.1. The summed E-state index contributed by atoms with van der Waals surface area (Å²) >= 11 is 0. The molecule has 0 bridgehead atoms. The number of carbonyl (C=O) groups is 1. The quantitative estimate of drug-likeness (QED) is 0.543. The van der Waals surface area contributed by atoms with Gasteiger partial charge in [0.05, 0.1) is 5.92 Å². The van der Waals surface area contributed by atoms with Gasteiger partial charge in [-0.15, -0.1) is 0 Å². The maximum atomic E-state index is 13.0. The van der Waals surface area contributed by atoms with Gasteiger partial charge in [-0.1, -0.05) is 49.4 Å². The number of ether oxygens (including phenoxy) is 1. The summed E-state index contributed by atoms with van der Waals surface area (Å²) in [6.07, 6.45) is 8.97. The fourth-order valence-corrected chi connectivity index (χ4v) is 4.74. The minimum absolute atomic E-state index is 0.0715. The Morgan fingerprint density at radius 1 is 1.31 bits per heavy atom. The molecule has 2 aliphatic rings. The second-order valence-electron chi connectivity index (χ2n) is 8.65. The van der Waals surface area contributed by atoms with Gasteiger partial charge in [0.2, 0.25) is 0 Å². The van der Waals surface area contributed by atoms with Crippen molar-refractivity contribution in [2.24, 2.45) is 11.8 Å². The Balaban J connectivity index is 1.63. The lowest BCUT2D eigenvalue weighted by molar-refractivity contribution is -0.147. The molecule has 142 valence electrons. The maximum absolute atomic E-state index is 13.0. The molecule has 3 nitrogen and oxygen atoms in total. The summed E-state index contributed by atoms with van der Waals surface area (Å²) in [5.41, 5.74) is 1.28. The Morgan fingerprint density at radius 3 is 2.69 bits per heavy atom. The van der Waals surface area contributed by atoms with Gasteiger partial charge >= 0.3 is 5.97 Å². The number of likely N-dealkylation sites (tertiary alicyclic amines) is 1. The van der Waals surface area contributed by atoms with Crippen molar-refractivity contribution in [3.05, 3.63) is 48.0 Å². The summed E-state index contributed by atoms with van der Waals surface area (Å²) in [5.74, 6) is 0.711. The van der Waals surface area contributed by atoms with E-state index in [0.29, 0.717) is 12.5 Å². The SMILES string of the molecule is CC1CN(CCOC(=O)C(c2ccccc2)C2C=CCCC2)C(C)(C)C1. The zero-order chi connectivity index (χ0) is 18.6. The number of benzene rings is 1. The monoisotopic (exact) mass is 355 g/mol. The van der Waals surface area contributed by atoms with Crippen LogP contribution in [0.1, 0.15) is 57.9 Å². The third kappa shape index (κ3) is 4.56. The largest absolute Gasteiger partial charge is 0.464 e. The van der Waals surface area contributed by atoms with Crippen LogP contribution < -0.4 is 0 Å². The van der Waals surface area contributed by atoms with E-state index in [0.717, 1.165) is 37.9 Å². The Kier molecular flexibility index (Phi) is 6.18. The van der Waals surface area contributed by atoms with Crippen molar-refractivity contribution in [3.63, 3.8) is 0 Å². The molecule has 0 amide bonds. The van der Waals surface area contributed by atoms with Crippen LogP contribution in [0.4, 0.5) is 0 Å². The second-order valence-corrected chi connectivity index (χ2v) is 8.65. The van der Waals surface area contributed by atoms with E-state index in [-0.39, 0.29) is 23.3 Å². The topological polar surface area (TPSA) is 29.5 Å². The molecule has 1 aromatic rings. The van der Waals surface area contributed by atoms with Crippen LogP contribution in [0.3, 0.4) is 0 Å². The van der Waals surface area contributed by atoms with Gasteiger partial charge in [-0.3, -0.25) is 9.69 Å². The fraction of sp³-hybridized carbons (Fsp3) is 0.609. The van der Waals surface area contributed by atoms with Crippen LogP contribution in [0.15, 0.2) is 42.5 Å². The standard InChI is InChI=1S/C23H33NO2/c1-18-16-23(2,3)24(17-18)14-15-26-22(25)21(19-10-6-4-7-11-19)20-12-8-5-9-13-20/h4,6-8,10-12,18,20-21H,5,9,13-17H2,1-3H3. The van der Waals surface area contributed by atoms with Crippen LogP contribution in [0.5, 0.6) is 0 Å². The molecule has 1 aromatic carbocycles. The number of rotatable bonds is 6. The molecule has 3 unspecified atom stereocenters. The molecule has 26 heavy (non-hydrogen) atoms. The molecule has 1 aliphatic carbocycles. The molecule has 1 saturated heterocycles. The Labute approximate surface area is 158 Å². The van der Waals surface area contributed by atoms with E-state index < -0.39 is 0 Å². The van der Waals surface area contributed by atoms with Gasteiger partial charge in [0.25, 0.3) is 0 Å². The Morgan fingerprint density at radius 2 is 2.08 bits per heavy atom. The first kappa shape index (κ1) is 19.2. The molecular weight excluding hydrogens is 322 g/mol. The summed E-state index contributed by atoms with van der Waals surface area (Å²) in [6, 6.07) is 10.1. The molecule has 0 N–H and O–H groups in total. The highest BCUT2D eigenvalue weighted by Gasteiger charge is 2.36. The molecule has 0 aromatic heterocycles. The minimum Gasteiger partial charge on any atom is -0.464 e. The van der Waals surface area contributed by atoms with E-state index >= 15 is 0 Å². The number of carbonyl (C=O) groups excluding carboxylic acids is 1. The first-order chi connectivity index (χ1) is 12.5. The van der Waals surface area contributed by atoms with E-state index in [4.69, 9.17) is 4.74 Å². The van der Waals surface area contributed by atoms with Crippen LogP contribution in [-0.2, 0) is 9.53 Å². The van der Waals surface area contributed by atoms with Crippen molar-refractivity contribution in [1.29, 1.82) is 0 Å². The van der Waals surface area contributed by atoms with Crippen LogP contribution in [0.25, 0.3) is 0 Å². The summed E-state index contributed by atoms with van der Waals surface area (Å²) in [5, 5.41) is 0. The molecule has 0 radical (unpaired) electrons. The number of allylic oxidation sites excluding steroid dienone is 2. The third-order valence-corrected chi connectivity index (χ3v) is 5.97. The molecule has 1 aliphatic heterocycles. The third-order valence-electron chi connectivity index (χ3n) is 5.97. The van der Waals surface area contributed by atoms with Crippen LogP contribution in [0.2, 0.25) is 0 Å². The highest BCUT2D eigenvalue weighted by molar-refractivity contribution is 5.79. The molecule has 0 saturated carbocycles. The highest BCUT2D eigenvalue weighted by atomic mass is 16.5. The Hall–Kier alpha value is -1.61. The lowest BCUT2D eigenvalue weighted by atomic mass is 9.80. The van der Waals surface area contributed by atoms with E-state index in [2.05, 4.69) is 50.0 Å². The molecule has 3 rings (SSSR count). The van der Waals surface area contributed by atoms with Crippen molar-refractivity contribution in [2.75, 3.05) is 19.7 Å². The molecule has 0 spiro atoms. The maximum Gasteiger partial charge on any atom is 0.314 e. The molecule has 1 fully saturated rings. The lowest BCUT2D eigenvalue weighted by Crippen LogP contribution is -2.40. The lowest BCUT2D eigenvalue weighted by Gasteiger charge is -2.31. The van der Waals surface area contributed by atoms with Gasteiger partial charge in [0.1, 0.15) is 6.61 Å². The zero-order valence-electron chi connectivity index (χ0n) is 16.5. The van der Waals surface area contributed by atoms with E-state index in [1.54, 1.807) is 0 Å². The molecule has 3 heteroatoms. The second kappa shape index (κ2) is 8.39. The van der Waals surface area contributed by atoms with Gasteiger partial charge in [-0.05, 0) is 56.9 Å². The van der Waals surface area contributed by atoms with Crippen LogP contribution in [0, 0.1) is 11.8 Å². The molecule has 1 heterocycles. The summed E-state index contributed by atoms with van der Waals surface area (Å²) in [7, 11) is 0. The number of esters is 1. The number of hydrogen-bond donors (Lipinski definition) is 0. The summed E-state index contributed by atoms with van der Waals surface area (Å²) < 4.78 is 5.79. The van der Waals surface area contributed by atoms with E-state index in [1.807, 2.05) is 18.2 Å². The normalized spacial score (nSPS) is 26.6. The predicted octanol–water partition coefficient (Wildman–Crippen LogP) is 4.79. The fourth-order valence-electron chi connectivity index (χ4n) is 4.74. The number of nitrogens with zero attached hydrogens (tertiary/aromatic N) is 1. The highest BCUT2D eigenvalue weighted by Crippen LogP contribution is 2.34. The average molecular weight is 356 g/mol.